The van der Waals surface area contributed by atoms with Crippen LogP contribution in [0.15, 0.2) is 72.8 Å². The maximum absolute atomic E-state index is 13.4. The van der Waals surface area contributed by atoms with Crippen LogP contribution in [0.2, 0.25) is 0 Å². The van der Waals surface area contributed by atoms with Crippen molar-refractivity contribution in [3.63, 3.8) is 0 Å². The van der Waals surface area contributed by atoms with Crippen molar-refractivity contribution in [2.24, 2.45) is 71.0 Å². The molecule has 3 aromatic rings. The van der Waals surface area contributed by atoms with Crippen LogP contribution < -0.4 is 37.2 Å². The molecule has 0 spiro atoms. The summed E-state index contributed by atoms with van der Waals surface area (Å²) in [6, 6.07) is 21.4. The molecule has 0 radical (unpaired) electrons. The molecule has 8 amide bonds. The van der Waals surface area contributed by atoms with Gasteiger partial charge in [0, 0.05) is 119 Å². The molecule has 113 heavy (non-hydrogen) atoms. The van der Waals surface area contributed by atoms with E-state index in [-0.39, 0.29) is 221 Å². The van der Waals surface area contributed by atoms with Crippen LogP contribution in [0.25, 0.3) is 0 Å². The average Bonchev–Trinajstić information content (AvgIpc) is 0.854. The van der Waals surface area contributed by atoms with Crippen LogP contribution >= 0.6 is 81.0 Å². The summed E-state index contributed by atoms with van der Waals surface area (Å²) in [5.41, 5.74) is 3.24. The molecule has 0 bridgehead atoms. The molecule has 0 aromatic heterocycles. The number of amides is 8. The summed E-state index contributed by atoms with van der Waals surface area (Å²) in [4.78, 5) is 141. The number of likely N-dealkylation sites (tertiary alicyclic amines) is 2. The van der Waals surface area contributed by atoms with Gasteiger partial charge in [0.2, 0.25) is 17.7 Å². The Hall–Kier alpha value is -6.51. The number of anilines is 3. The number of piperidine rings is 3. The summed E-state index contributed by atoms with van der Waals surface area (Å²) in [5, 5.41) is 19.5. The van der Waals surface area contributed by atoms with Gasteiger partial charge in [-0.25, -0.2) is 24.0 Å². The fourth-order valence-corrected chi connectivity index (χ4v) is 12.4. The zero-order valence-corrected chi connectivity index (χ0v) is 76.1. The Balaban J connectivity index is -0.00000157. The Kier molecular flexibility index (Phi) is 54.8. The normalized spacial score (nSPS) is 15.2. The molecule has 3 saturated heterocycles. The highest BCUT2D eigenvalue weighted by Gasteiger charge is 2.36. The molecule has 644 valence electrons. The number of ketones is 3. The molecule has 6 atom stereocenters. The minimum absolute atomic E-state index is 0. The third-order valence-electron chi connectivity index (χ3n) is 20.2. The number of carbonyl (C=O) groups is 11. The molecule has 25 nitrogen and oxygen atoms in total. The van der Waals surface area contributed by atoms with Gasteiger partial charge in [0.25, 0.3) is 0 Å². The van der Waals surface area contributed by atoms with E-state index in [0.717, 1.165) is 74.7 Å². The van der Waals surface area contributed by atoms with Crippen molar-refractivity contribution in [1.29, 1.82) is 0 Å². The van der Waals surface area contributed by atoms with E-state index >= 15 is 0 Å². The number of Topliss-reactive ketones (excluding diaryl/α,β-unsaturated/α-hetero) is 3. The first-order valence-electron chi connectivity index (χ1n) is 38.3. The minimum Gasteiger partial charge on any atom is -0.445 e. The molecule has 3 aromatic carbocycles. The number of ether oxygens (including phenoxy) is 5. The molecule has 0 unspecified atom stereocenters. The Morgan fingerprint density at radius 2 is 0.611 bits per heavy atom. The molecule has 6 rings (SSSR count). The molecule has 7 N–H and O–H groups in total. The van der Waals surface area contributed by atoms with Gasteiger partial charge in [-0.15, -0.1) is 0 Å². The third kappa shape index (κ3) is 42.8. The zero-order valence-electron chi connectivity index (χ0n) is 70.1. The van der Waals surface area contributed by atoms with E-state index in [9.17, 15) is 52.7 Å². The highest BCUT2D eigenvalue weighted by molar-refractivity contribution is 7.60. The quantitative estimate of drug-likeness (QED) is 0.0305. The third-order valence-corrected chi connectivity index (χ3v) is 20.2. The lowest BCUT2D eigenvalue weighted by molar-refractivity contribution is -0.129. The summed E-state index contributed by atoms with van der Waals surface area (Å²) >= 11 is 0. The molecular weight excluding hydrogens is 1560 g/mol. The summed E-state index contributed by atoms with van der Waals surface area (Å²) in [5.74, 6) is -0.0826. The van der Waals surface area contributed by atoms with Crippen molar-refractivity contribution in [3.05, 3.63) is 89.5 Å². The number of alkyl carbamates (subject to hydrolysis) is 3. The lowest BCUT2D eigenvalue weighted by Crippen LogP contribution is -2.42. The second-order valence-electron chi connectivity index (χ2n) is 32.0. The lowest BCUT2D eigenvalue weighted by Gasteiger charge is -2.34. The monoisotopic (exact) mass is 1700 g/mol. The van der Waals surface area contributed by atoms with Crippen molar-refractivity contribution in [2.75, 3.05) is 76.4 Å². The summed E-state index contributed by atoms with van der Waals surface area (Å²) in [6.07, 6.45) is 5.57. The van der Waals surface area contributed by atoms with Gasteiger partial charge in [0.15, 0.2) is 0 Å². The number of nitrogens with zero attached hydrogens (tertiary/aromatic N) is 2. The maximum atomic E-state index is 13.4. The fraction of sp³-hybridized carbons (Fsp3) is 0.646. The lowest BCUT2D eigenvalue weighted by atomic mass is 9.81. The highest BCUT2D eigenvalue weighted by atomic mass is 32.1. The number of hydrogen-bond donors (Lipinski definition) is 7. The number of carbonyl (C=O) groups excluding carboxylic acids is 11. The van der Waals surface area contributed by atoms with Crippen molar-refractivity contribution >= 4 is 164 Å². The van der Waals surface area contributed by atoms with Gasteiger partial charge in [-0.2, -0.15) is 81.0 Å². The molecule has 0 aliphatic carbocycles. The van der Waals surface area contributed by atoms with E-state index in [4.69, 9.17) is 23.7 Å². The second-order valence-corrected chi connectivity index (χ2v) is 32.0. The van der Waals surface area contributed by atoms with Crippen molar-refractivity contribution in [1.82, 2.24) is 31.1 Å². The maximum Gasteiger partial charge on any atom is 0.410 e. The van der Waals surface area contributed by atoms with Crippen LogP contribution in [0.3, 0.4) is 0 Å². The SMILES string of the molecule is CNC(=O)OCc1ccc(NC(=O)[C@@H](CC(=O)[C@@H](C)C(C)C)CC2CCN(C(=O)OC(C)(C)C)CC2)cc1.CNC(=O)OCc1ccc(NC(=O)[C@@H](CC(=O)[C@@H](C)C(C)C)CC2CCN(C(=O)OC(C)(C)C)CC2)cc1.CNC(=O)OCc1ccc(NC(=O)[C@@H](CC(=O)[C@@H](C)C(C)C)CC2CCNCC2)cc1.S.S.S.S.S.S. The molecule has 3 heterocycles. The smallest absolute Gasteiger partial charge is 0.410 e. The second kappa shape index (κ2) is 55.9. The standard InChI is InChI=1S/2C29H45N3O6.C24H37N3O4.6H2S/c2*1-19(2)20(3)25(33)17-23(16-21-12-14-32(15-13-21)28(36)38-29(4,5)6)26(34)31-24-10-8-22(9-11-24)18-37-27(35)30-7;1-16(2)17(3)22(28)14-20(13-18-9-11-26-12-10-18)23(29)27-21-7-5-19(6-8-21)15-31-24(30)25-4;;;;;;/h2*8-11,19-21,23H,12-18H2,1-7H3,(H,30,35)(H,31,34);5-8,16-18,20,26H,9-15H2,1-4H3,(H,25,30)(H,27,29);6*1H2/t2*20-,23+;17-,20+;;;;;;/m000....../s1. The molecule has 3 aliphatic rings. The summed E-state index contributed by atoms with van der Waals surface area (Å²) < 4.78 is 26.1. The predicted octanol–water partition coefficient (Wildman–Crippen LogP) is 15.2. The first-order valence-corrected chi connectivity index (χ1v) is 38.3. The van der Waals surface area contributed by atoms with Crippen LogP contribution in [-0.2, 0) is 72.3 Å². The van der Waals surface area contributed by atoms with Crippen LogP contribution in [-0.4, -0.2) is 147 Å². The molecule has 31 heteroatoms. The van der Waals surface area contributed by atoms with Crippen molar-refractivity contribution in [3.8, 4) is 0 Å². The van der Waals surface area contributed by atoms with Crippen LogP contribution in [0.1, 0.15) is 198 Å². The zero-order chi connectivity index (χ0) is 79.7. The topological polar surface area (TPSA) is 325 Å². The van der Waals surface area contributed by atoms with Gasteiger partial charge in [0.05, 0.1) is 0 Å². The predicted molar refractivity (Wildman–Crippen MR) is 477 cm³/mol. The summed E-state index contributed by atoms with van der Waals surface area (Å²) in [6.45, 7) is 33.7. The largest absolute Gasteiger partial charge is 0.445 e. The van der Waals surface area contributed by atoms with Gasteiger partial charge in [-0.3, -0.25) is 28.8 Å². The number of benzene rings is 3. The molecule has 0 saturated carbocycles. The van der Waals surface area contributed by atoms with Gasteiger partial charge in [0.1, 0.15) is 48.4 Å². The number of hydrogen-bond acceptors (Lipinski definition) is 17. The van der Waals surface area contributed by atoms with Crippen LogP contribution in [0.5, 0.6) is 0 Å². The van der Waals surface area contributed by atoms with Gasteiger partial charge < -0.3 is 70.7 Å². The first kappa shape index (κ1) is 111. The number of nitrogens with one attached hydrogen (secondary N) is 7. The van der Waals surface area contributed by atoms with Crippen molar-refractivity contribution in [2.45, 2.75) is 212 Å². The summed E-state index contributed by atoms with van der Waals surface area (Å²) in [7, 11) is 4.50. The van der Waals surface area contributed by atoms with E-state index in [1.807, 2.05) is 116 Å². The van der Waals surface area contributed by atoms with Gasteiger partial charge in [-0.05, 0) is 201 Å². The van der Waals surface area contributed by atoms with E-state index in [1.165, 1.54) is 21.1 Å². The Labute approximate surface area is 715 Å². The van der Waals surface area contributed by atoms with Crippen LogP contribution in [0.4, 0.5) is 41.0 Å². The van der Waals surface area contributed by atoms with Gasteiger partial charge in [-0.1, -0.05) is 98.7 Å². The van der Waals surface area contributed by atoms with E-state index in [2.05, 4.69) is 37.2 Å². The van der Waals surface area contributed by atoms with E-state index in [1.54, 1.807) is 70.5 Å². The Morgan fingerprint density at radius 1 is 0.381 bits per heavy atom. The van der Waals surface area contributed by atoms with Gasteiger partial charge >= 0.3 is 30.5 Å². The average molecular weight is 1700 g/mol. The highest BCUT2D eigenvalue weighted by Crippen LogP contribution is 2.33. The molecule has 3 fully saturated rings. The van der Waals surface area contributed by atoms with Crippen LogP contribution in [0, 0.1) is 71.0 Å². The Morgan fingerprint density at radius 3 is 0.823 bits per heavy atom. The minimum atomic E-state index is -0.542. The van der Waals surface area contributed by atoms with Crippen molar-refractivity contribution < 1.29 is 76.4 Å². The Bertz CT molecular complexity index is 3190. The fourth-order valence-electron chi connectivity index (χ4n) is 12.4. The van der Waals surface area contributed by atoms with E-state index < -0.39 is 41.3 Å². The number of rotatable bonds is 30. The molecule has 3 aliphatic heterocycles. The van der Waals surface area contributed by atoms with E-state index in [0.29, 0.717) is 62.0 Å². The molecular formula is C82H139N9O16S6. The first-order chi connectivity index (χ1) is 50.4.